The Morgan fingerprint density at radius 2 is 2.08 bits per heavy atom. The highest BCUT2D eigenvalue weighted by Gasteiger charge is 2.04. The third-order valence-corrected chi connectivity index (χ3v) is 2.99. The van der Waals surface area contributed by atoms with Crippen LogP contribution in [0.2, 0.25) is 0 Å². The van der Waals surface area contributed by atoms with Gasteiger partial charge in [0.15, 0.2) is 0 Å². The lowest BCUT2D eigenvalue weighted by molar-refractivity contribution is 0.0674. The highest BCUT2D eigenvalue weighted by Crippen LogP contribution is 2.09. The van der Waals surface area contributed by atoms with E-state index in [4.69, 9.17) is 10.5 Å². The van der Waals surface area contributed by atoms with Crippen LogP contribution >= 0.6 is 11.8 Å². The molecule has 0 aliphatic heterocycles. The minimum Gasteiger partial charge on any atom is -0.377 e. The summed E-state index contributed by atoms with van der Waals surface area (Å²) in [6, 6.07) is 0. The lowest BCUT2D eigenvalue weighted by atomic mass is 10.3. The summed E-state index contributed by atoms with van der Waals surface area (Å²) in [5.74, 6) is 2.46. The molecular weight excluding hydrogens is 182 g/mol. The van der Waals surface area contributed by atoms with E-state index in [1.54, 1.807) is 0 Å². The van der Waals surface area contributed by atoms with Crippen LogP contribution in [0.4, 0.5) is 0 Å². The quantitative estimate of drug-likeness (QED) is 0.587. The van der Waals surface area contributed by atoms with Gasteiger partial charge in [-0.05, 0) is 31.3 Å². The fourth-order valence-corrected chi connectivity index (χ4v) is 2.19. The van der Waals surface area contributed by atoms with Crippen molar-refractivity contribution < 1.29 is 4.74 Å². The lowest BCUT2D eigenvalue weighted by Gasteiger charge is -2.13. The topological polar surface area (TPSA) is 35.2 Å². The van der Waals surface area contributed by atoms with E-state index < -0.39 is 0 Å². The standard InChI is InChI=1S/C10H23NOS/c1-3-5-7-13-8-6-10(9-11)12-4-2/h10H,3-9,11H2,1-2H3. The van der Waals surface area contributed by atoms with Crippen molar-refractivity contribution in [2.75, 3.05) is 24.7 Å². The summed E-state index contributed by atoms with van der Waals surface area (Å²) in [4.78, 5) is 0. The summed E-state index contributed by atoms with van der Waals surface area (Å²) in [6.45, 7) is 5.68. The average Bonchev–Trinajstić information content (AvgIpc) is 2.16. The molecule has 0 bridgehead atoms. The van der Waals surface area contributed by atoms with Gasteiger partial charge in [0.25, 0.3) is 0 Å². The van der Waals surface area contributed by atoms with Crippen molar-refractivity contribution in [3.8, 4) is 0 Å². The summed E-state index contributed by atoms with van der Waals surface area (Å²) in [5, 5.41) is 0. The van der Waals surface area contributed by atoms with Crippen molar-refractivity contribution in [3.63, 3.8) is 0 Å². The molecule has 0 saturated carbocycles. The van der Waals surface area contributed by atoms with E-state index in [0.717, 1.165) is 13.0 Å². The predicted octanol–water partition coefficient (Wildman–Crippen LogP) is 2.27. The molecule has 0 rings (SSSR count). The van der Waals surface area contributed by atoms with Crippen LogP contribution in [0.5, 0.6) is 0 Å². The van der Waals surface area contributed by atoms with Crippen LogP contribution < -0.4 is 5.73 Å². The molecule has 13 heavy (non-hydrogen) atoms. The van der Waals surface area contributed by atoms with Gasteiger partial charge in [0, 0.05) is 13.2 Å². The third-order valence-electron chi connectivity index (χ3n) is 1.89. The van der Waals surface area contributed by atoms with Crippen LogP contribution in [0.1, 0.15) is 33.1 Å². The molecule has 2 N–H and O–H groups in total. The molecular formula is C10H23NOS. The highest BCUT2D eigenvalue weighted by atomic mass is 32.2. The number of ether oxygens (including phenoxy) is 1. The molecule has 0 fully saturated rings. The van der Waals surface area contributed by atoms with E-state index in [9.17, 15) is 0 Å². The minimum atomic E-state index is 0.277. The van der Waals surface area contributed by atoms with Gasteiger partial charge in [0.2, 0.25) is 0 Å². The molecule has 0 aromatic carbocycles. The number of nitrogens with two attached hydrogens (primary N) is 1. The molecule has 2 nitrogen and oxygen atoms in total. The van der Waals surface area contributed by atoms with Gasteiger partial charge in [-0.15, -0.1) is 0 Å². The SMILES string of the molecule is CCCCSCCC(CN)OCC. The minimum absolute atomic E-state index is 0.277. The molecule has 0 aliphatic carbocycles. The summed E-state index contributed by atoms with van der Waals surface area (Å²) in [6.07, 6.45) is 3.99. The van der Waals surface area contributed by atoms with E-state index >= 15 is 0 Å². The number of hydrogen-bond donors (Lipinski definition) is 1. The van der Waals surface area contributed by atoms with E-state index in [0.29, 0.717) is 6.54 Å². The van der Waals surface area contributed by atoms with Gasteiger partial charge in [-0.3, -0.25) is 0 Å². The van der Waals surface area contributed by atoms with E-state index in [2.05, 4.69) is 6.92 Å². The maximum Gasteiger partial charge on any atom is 0.0705 e. The van der Waals surface area contributed by atoms with Gasteiger partial charge < -0.3 is 10.5 Å². The predicted molar refractivity (Wildman–Crippen MR) is 61.3 cm³/mol. The van der Waals surface area contributed by atoms with Gasteiger partial charge in [0.05, 0.1) is 6.10 Å². The van der Waals surface area contributed by atoms with E-state index in [1.807, 2.05) is 18.7 Å². The molecule has 0 amide bonds. The first-order valence-corrected chi connectivity index (χ1v) is 6.40. The normalized spacial score (nSPS) is 13.2. The molecule has 3 heteroatoms. The first kappa shape index (κ1) is 13.3. The van der Waals surface area contributed by atoms with Crippen LogP contribution in [0.15, 0.2) is 0 Å². The van der Waals surface area contributed by atoms with Gasteiger partial charge in [-0.25, -0.2) is 0 Å². The second kappa shape index (κ2) is 10.4. The number of thioether (sulfide) groups is 1. The third kappa shape index (κ3) is 8.60. The van der Waals surface area contributed by atoms with Crippen molar-refractivity contribution in [1.29, 1.82) is 0 Å². The molecule has 0 radical (unpaired) electrons. The van der Waals surface area contributed by atoms with Crippen molar-refractivity contribution in [3.05, 3.63) is 0 Å². The second-order valence-electron chi connectivity index (χ2n) is 3.07. The maximum atomic E-state index is 5.57. The van der Waals surface area contributed by atoms with Gasteiger partial charge in [-0.2, -0.15) is 11.8 Å². The average molecular weight is 205 g/mol. The van der Waals surface area contributed by atoms with Crippen LogP contribution in [0.25, 0.3) is 0 Å². The zero-order valence-corrected chi connectivity index (χ0v) is 9.74. The zero-order chi connectivity index (χ0) is 9.94. The Balaban J connectivity index is 3.17. The smallest absolute Gasteiger partial charge is 0.0705 e. The molecule has 0 aliphatic rings. The molecule has 0 aromatic rings. The Hall–Kier alpha value is 0.270. The first-order valence-electron chi connectivity index (χ1n) is 5.24. The van der Waals surface area contributed by atoms with Gasteiger partial charge >= 0.3 is 0 Å². The van der Waals surface area contributed by atoms with Crippen LogP contribution in [-0.4, -0.2) is 30.8 Å². The fraction of sp³-hybridized carbons (Fsp3) is 1.00. The Kier molecular flexibility index (Phi) is 10.6. The van der Waals surface area contributed by atoms with Crippen LogP contribution in [0.3, 0.4) is 0 Å². The first-order chi connectivity index (χ1) is 6.35. The molecule has 0 spiro atoms. The van der Waals surface area contributed by atoms with Crippen molar-refractivity contribution in [1.82, 2.24) is 0 Å². The van der Waals surface area contributed by atoms with E-state index in [1.165, 1.54) is 24.3 Å². The van der Waals surface area contributed by atoms with Crippen molar-refractivity contribution in [2.45, 2.75) is 39.2 Å². The number of unbranched alkanes of at least 4 members (excludes halogenated alkanes) is 1. The molecule has 0 heterocycles. The van der Waals surface area contributed by atoms with Gasteiger partial charge in [-0.1, -0.05) is 13.3 Å². The summed E-state index contributed by atoms with van der Waals surface area (Å²) < 4.78 is 5.46. The Labute approximate surface area is 86.6 Å². The van der Waals surface area contributed by atoms with Crippen molar-refractivity contribution >= 4 is 11.8 Å². The Bertz CT molecular complexity index is 101. The largest absolute Gasteiger partial charge is 0.377 e. The highest BCUT2D eigenvalue weighted by molar-refractivity contribution is 7.99. The summed E-state index contributed by atoms with van der Waals surface area (Å²) in [7, 11) is 0. The zero-order valence-electron chi connectivity index (χ0n) is 8.92. The fourth-order valence-electron chi connectivity index (χ4n) is 1.07. The Morgan fingerprint density at radius 1 is 1.31 bits per heavy atom. The monoisotopic (exact) mass is 205 g/mol. The molecule has 1 atom stereocenters. The number of hydrogen-bond acceptors (Lipinski definition) is 3. The van der Waals surface area contributed by atoms with Gasteiger partial charge in [0.1, 0.15) is 0 Å². The van der Waals surface area contributed by atoms with Crippen LogP contribution in [-0.2, 0) is 4.74 Å². The second-order valence-corrected chi connectivity index (χ2v) is 4.29. The maximum absolute atomic E-state index is 5.57. The summed E-state index contributed by atoms with van der Waals surface area (Å²) in [5.41, 5.74) is 5.57. The molecule has 80 valence electrons. The van der Waals surface area contributed by atoms with Crippen molar-refractivity contribution in [2.24, 2.45) is 5.73 Å². The Morgan fingerprint density at radius 3 is 2.62 bits per heavy atom. The van der Waals surface area contributed by atoms with Crippen LogP contribution in [0, 0.1) is 0 Å². The number of rotatable bonds is 9. The molecule has 1 unspecified atom stereocenters. The molecule has 0 aromatic heterocycles. The summed E-state index contributed by atoms with van der Waals surface area (Å²) >= 11 is 2.01. The lowest BCUT2D eigenvalue weighted by Crippen LogP contribution is -2.24. The molecule has 0 saturated heterocycles. The van der Waals surface area contributed by atoms with E-state index in [-0.39, 0.29) is 6.10 Å².